The fraction of sp³-hybridized carbons (Fsp3) is 0.125. The number of nitrogens with one attached hydrogen (secondary N) is 1. The second-order valence-corrected chi connectivity index (χ2v) is 4.81. The van der Waals surface area contributed by atoms with E-state index in [4.69, 9.17) is 4.74 Å². The predicted octanol–water partition coefficient (Wildman–Crippen LogP) is 1.59. The number of amides is 1. The van der Waals surface area contributed by atoms with E-state index in [0.717, 1.165) is 22.3 Å². The van der Waals surface area contributed by atoms with Gasteiger partial charge in [-0.1, -0.05) is 29.5 Å². The van der Waals surface area contributed by atoms with Crippen LogP contribution in [-0.2, 0) is 11.3 Å². The normalized spacial score (nSPS) is 11.0. The third-order valence-corrected chi connectivity index (χ3v) is 3.21. The Morgan fingerprint density at radius 1 is 1.30 bits per heavy atom. The molecule has 23 heavy (non-hydrogen) atoms. The summed E-state index contributed by atoms with van der Waals surface area (Å²) in [4.78, 5) is 11.9. The first-order valence-electron chi connectivity index (χ1n) is 7.00. The molecule has 2 aromatic carbocycles. The number of aromatic nitrogens is 3. The van der Waals surface area contributed by atoms with Gasteiger partial charge in [0, 0.05) is 0 Å². The third kappa shape index (κ3) is 3.52. The molecule has 116 valence electrons. The summed E-state index contributed by atoms with van der Waals surface area (Å²) in [6.45, 7) is 0.0516. The van der Waals surface area contributed by atoms with Crippen molar-refractivity contribution in [1.82, 2.24) is 20.4 Å². The minimum atomic E-state index is -0.278. The number of methoxy groups -OCH3 is 1. The molecule has 0 aliphatic heterocycles. The molecule has 0 aliphatic rings. The molecule has 0 radical (unpaired) electrons. The quantitative estimate of drug-likeness (QED) is 0.573. The molecule has 0 fully saturated rings. The van der Waals surface area contributed by atoms with Gasteiger partial charge in [-0.15, -0.1) is 5.10 Å². The van der Waals surface area contributed by atoms with E-state index in [0.29, 0.717) is 0 Å². The molecule has 0 atom stereocenters. The Bertz CT molecular complexity index is 856. The van der Waals surface area contributed by atoms with E-state index >= 15 is 0 Å². The third-order valence-electron chi connectivity index (χ3n) is 3.21. The summed E-state index contributed by atoms with van der Waals surface area (Å²) in [5.41, 5.74) is 4.86. The highest BCUT2D eigenvalue weighted by atomic mass is 16.5. The number of fused-ring (bicyclic) bond motifs is 1. The van der Waals surface area contributed by atoms with Gasteiger partial charge in [0.2, 0.25) is 0 Å². The van der Waals surface area contributed by atoms with E-state index in [1.54, 1.807) is 13.3 Å². The fourth-order valence-corrected chi connectivity index (χ4v) is 2.11. The minimum Gasteiger partial charge on any atom is -0.497 e. The zero-order chi connectivity index (χ0) is 16.1. The summed E-state index contributed by atoms with van der Waals surface area (Å²) < 4.78 is 6.66. The largest absolute Gasteiger partial charge is 0.497 e. The molecule has 0 saturated heterocycles. The van der Waals surface area contributed by atoms with Crippen LogP contribution in [0.4, 0.5) is 0 Å². The number of rotatable bonds is 5. The number of hydrogen-bond donors (Lipinski definition) is 1. The Hall–Kier alpha value is -3.22. The van der Waals surface area contributed by atoms with Gasteiger partial charge in [-0.05, 0) is 29.8 Å². The molecule has 1 heterocycles. The highest BCUT2D eigenvalue weighted by Crippen LogP contribution is 2.11. The lowest BCUT2D eigenvalue weighted by Crippen LogP contribution is -2.23. The Labute approximate surface area is 132 Å². The highest BCUT2D eigenvalue weighted by molar-refractivity contribution is 5.83. The molecular formula is C16H15N5O2. The molecule has 1 aromatic heterocycles. The average Bonchev–Trinajstić information content (AvgIpc) is 2.98. The summed E-state index contributed by atoms with van der Waals surface area (Å²) in [6.07, 6.45) is 1.56. The van der Waals surface area contributed by atoms with Crippen LogP contribution < -0.4 is 10.2 Å². The summed E-state index contributed by atoms with van der Waals surface area (Å²) in [7, 11) is 1.60. The molecule has 0 unspecified atom stereocenters. The van der Waals surface area contributed by atoms with Gasteiger partial charge in [0.25, 0.3) is 5.91 Å². The first-order valence-corrected chi connectivity index (χ1v) is 7.00. The maximum Gasteiger partial charge on any atom is 0.261 e. The highest BCUT2D eigenvalue weighted by Gasteiger charge is 2.07. The maximum atomic E-state index is 11.9. The van der Waals surface area contributed by atoms with Gasteiger partial charge >= 0.3 is 0 Å². The fourth-order valence-electron chi connectivity index (χ4n) is 2.11. The number of benzene rings is 2. The molecule has 3 aromatic rings. The summed E-state index contributed by atoms with van der Waals surface area (Å²) >= 11 is 0. The van der Waals surface area contributed by atoms with Crippen LogP contribution in [-0.4, -0.2) is 34.2 Å². The molecule has 0 aliphatic carbocycles. The number of hydrogen-bond acceptors (Lipinski definition) is 5. The zero-order valence-corrected chi connectivity index (χ0v) is 12.5. The predicted molar refractivity (Wildman–Crippen MR) is 86.3 cm³/mol. The smallest absolute Gasteiger partial charge is 0.261 e. The van der Waals surface area contributed by atoms with Crippen molar-refractivity contribution >= 4 is 23.2 Å². The topological polar surface area (TPSA) is 81.4 Å². The van der Waals surface area contributed by atoms with E-state index < -0.39 is 0 Å². The Morgan fingerprint density at radius 2 is 2.17 bits per heavy atom. The van der Waals surface area contributed by atoms with Crippen molar-refractivity contribution in [2.45, 2.75) is 6.54 Å². The lowest BCUT2D eigenvalue weighted by Gasteiger charge is -2.02. The molecule has 0 spiro atoms. The monoisotopic (exact) mass is 309 g/mol. The van der Waals surface area contributed by atoms with Crippen LogP contribution in [0.25, 0.3) is 11.0 Å². The summed E-state index contributed by atoms with van der Waals surface area (Å²) in [6, 6.07) is 14.8. The second kappa shape index (κ2) is 6.69. The number of para-hydroxylation sites is 1. The first kappa shape index (κ1) is 14.7. The number of hydrazone groups is 1. The Kier molecular flexibility index (Phi) is 4.28. The van der Waals surface area contributed by atoms with E-state index in [9.17, 15) is 4.79 Å². The van der Waals surface area contributed by atoms with E-state index in [1.807, 2.05) is 48.5 Å². The van der Waals surface area contributed by atoms with Crippen molar-refractivity contribution in [1.29, 1.82) is 0 Å². The van der Waals surface area contributed by atoms with Crippen LogP contribution in [0, 0.1) is 0 Å². The van der Waals surface area contributed by atoms with Crippen molar-refractivity contribution in [3.8, 4) is 5.75 Å². The standard InChI is InChI=1S/C16H15N5O2/c1-23-13-6-4-5-12(9-13)10-17-19-16(22)11-21-15-8-3-2-7-14(15)18-20-21/h2-10H,11H2,1H3,(H,19,22)/b17-10-. The number of nitrogens with zero attached hydrogens (tertiary/aromatic N) is 4. The minimum absolute atomic E-state index is 0.0516. The molecule has 7 heteroatoms. The van der Waals surface area contributed by atoms with Crippen LogP contribution >= 0.6 is 0 Å². The van der Waals surface area contributed by atoms with E-state index in [2.05, 4.69) is 20.8 Å². The van der Waals surface area contributed by atoms with Crippen molar-refractivity contribution in [3.63, 3.8) is 0 Å². The summed E-state index contributed by atoms with van der Waals surface area (Å²) in [5, 5.41) is 11.9. The molecule has 7 nitrogen and oxygen atoms in total. The van der Waals surface area contributed by atoms with Gasteiger partial charge in [-0.3, -0.25) is 4.79 Å². The van der Waals surface area contributed by atoms with Gasteiger partial charge in [-0.25, -0.2) is 10.1 Å². The molecule has 0 saturated carbocycles. The van der Waals surface area contributed by atoms with E-state index in [-0.39, 0.29) is 12.5 Å². The molecule has 3 rings (SSSR count). The Balaban J connectivity index is 1.62. The van der Waals surface area contributed by atoms with Crippen molar-refractivity contribution in [2.75, 3.05) is 7.11 Å². The van der Waals surface area contributed by atoms with Crippen LogP contribution in [0.1, 0.15) is 5.56 Å². The number of ether oxygens (including phenoxy) is 1. The van der Waals surface area contributed by atoms with Crippen LogP contribution in [0.2, 0.25) is 0 Å². The summed E-state index contributed by atoms with van der Waals surface area (Å²) in [5.74, 6) is 0.453. The lowest BCUT2D eigenvalue weighted by atomic mass is 10.2. The maximum absolute atomic E-state index is 11.9. The second-order valence-electron chi connectivity index (χ2n) is 4.81. The van der Waals surface area contributed by atoms with Gasteiger partial charge in [0.15, 0.2) is 0 Å². The molecular weight excluding hydrogens is 294 g/mol. The first-order chi connectivity index (χ1) is 11.3. The number of carbonyl (C=O) groups excluding carboxylic acids is 1. The zero-order valence-electron chi connectivity index (χ0n) is 12.5. The van der Waals surface area contributed by atoms with Crippen LogP contribution in [0.5, 0.6) is 5.75 Å². The number of carbonyl (C=O) groups is 1. The van der Waals surface area contributed by atoms with Gasteiger partial charge in [0.05, 0.1) is 18.8 Å². The van der Waals surface area contributed by atoms with Crippen LogP contribution in [0.3, 0.4) is 0 Å². The SMILES string of the molecule is COc1cccc(/C=N\NC(=O)Cn2nnc3ccccc32)c1. The molecule has 1 amide bonds. The van der Waals surface area contributed by atoms with Crippen molar-refractivity contribution in [2.24, 2.45) is 5.10 Å². The van der Waals surface area contributed by atoms with Crippen molar-refractivity contribution in [3.05, 3.63) is 54.1 Å². The Morgan fingerprint density at radius 3 is 3.04 bits per heavy atom. The van der Waals surface area contributed by atoms with Crippen molar-refractivity contribution < 1.29 is 9.53 Å². The lowest BCUT2D eigenvalue weighted by molar-refractivity contribution is -0.121. The molecule has 0 bridgehead atoms. The van der Waals surface area contributed by atoms with Gasteiger partial charge in [-0.2, -0.15) is 5.10 Å². The van der Waals surface area contributed by atoms with E-state index in [1.165, 1.54) is 4.68 Å². The average molecular weight is 309 g/mol. The molecule has 1 N–H and O–H groups in total. The van der Waals surface area contributed by atoms with Gasteiger partial charge < -0.3 is 4.74 Å². The van der Waals surface area contributed by atoms with Gasteiger partial charge in [0.1, 0.15) is 17.8 Å². The van der Waals surface area contributed by atoms with Crippen LogP contribution in [0.15, 0.2) is 53.6 Å².